The van der Waals surface area contributed by atoms with E-state index in [9.17, 15) is 9.59 Å². The lowest BCUT2D eigenvalue weighted by atomic mass is 10.0. The molecule has 7 heteroatoms. The number of piperidine rings is 1. The normalized spacial score (nSPS) is 15.0. The van der Waals surface area contributed by atoms with Crippen LogP contribution in [-0.2, 0) is 14.3 Å². The zero-order valence-electron chi connectivity index (χ0n) is 14.8. The number of benzene rings is 1. The SMILES string of the molecule is COCCOCC(=O)NC1CCN(C(=O)c2ccccc2OC)CC1. The summed E-state index contributed by atoms with van der Waals surface area (Å²) >= 11 is 0. The molecule has 1 heterocycles. The molecule has 0 unspecified atom stereocenters. The van der Waals surface area contributed by atoms with Crippen molar-refractivity contribution in [2.45, 2.75) is 18.9 Å². The number of para-hydroxylation sites is 1. The van der Waals surface area contributed by atoms with Crippen molar-refractivity contribution in [1.82, 2.24) is 10.2 Å². The van der Waals surface area contributed by atoms with E-state index in [4.69, 9.17) is 14.2 Å². The summed E-state index contributed by atoms with van der Waals surface area (Å²) in [5, 5.41) is 2.95. The Morgan fingerprint density at radius 1 is 1.16 bits per heavy atom. The summed E-state index contributed by atoms with van der Waals surface area (Å²) in [6.07, 6.45) is 1.45. The van der Waals surface area contributed by atoms with E-state index >= 15 is 0 Å². The van der Waals surface area contributed by atoms with Crippen molar-refractivity contribution in [1.29, 1.82) is 0 Å². The van der Waals surface area contributed by atoms with Gasteiger partial charge in [-0.3, -0.25) is 9.59 Å². The smallest absolute Gasteiger partial charge is 0.257 e. The van der Waals surface area contributed by atoms with Crippen LogP contribution in [-0.4, -0.2) is 69.9 Å². The van der Waals surface area contributed by atoms with Crippen molar-refractivity contribution in [2.75, 3.05) is 47.1 Å². The molecule has 1 aromatic rings. The maximum Gasteiger partial charge on any atom is 0.257 e. The number of rotatable bonds is 8. The van der Waals surface area contributed by atoms with Crippen molar-refractivity contribution >= 4 is 11.8 Å². The third kappa shape index (κ3) is 5.72. The maximum atomic E-state index is 12.6. The minimum atomic E-state index is -0.134. The Morgan fingerprint density at radius 2 is 1.88 bits per heavy atom. The minimum Gasteiger partial charge on any atom is -0.496 e. The third-order valence-corrected chi connectivity index (χ3v) is 4.15. The molecule has 1 N–H and O–H groups in total. The Kier molecular flexibility index (Phi) is 7.69. The molecule has 138 valence electrons. The summed E-state index contributed by atoms with van der Waals surface area (Å²) in [5.41, 5.74) is 0.569. The number of ether oxygens (including phenoxy) is 3. The summed E-state index contributed by atoms with van der Waals surface area (Å²) in [6.45, 7) is 2.11. The zero-order chi connectivity index (χ0) is 18.1. The van der Waals surface area contributed by atoms with Gasteiger partial charge >= 0.3 is 0 Å². The fourth-order valence-electron chi connectivity index (χ4n) is 2.80. The number of hydrogen-bond acceptors (Lipinski definition) is 5. The van der Waals surface area contributed by atoms with Gasteiger partial charge in [0.2, 0.25) is 5.91 Å². The molecule has 25 heavy (non-hydrogen) atoms. The maximum absolute atomic E-state index is 12.6. The second-order valence-corrected chi connectivity index (χ2v) is 5.88. The van der Waals surface area contributed by atoms with Crippen LogP contribution in [0.25, 0.3) is 0 Å². The van der Waals surface area contributed by atoms with E-state index in [1.165, 1.54) is 0 Å². The monoisotopic (exact) mass is 350 g/mol. The van der Waals surface area contributed by atoms with E-state index in [2.05, 4.69) is 5.32 Å². The lowest BCUT2D eigenvalue weighted by Gasteiger charge is -2.32. The first-order valence-corrected chi connectivity index (χ1v) is 8.44. The van der Waals surface area contributed by atoms with Gasteiger partial charge in [0.25, 0.3) is 5.91 Å². The van der Waals surface area contributed by atoms with Gasteiger partial charge in [-0.05, 0) is 25.0 Å². The molecule has 0 radical (unpaired) electrons. The van der Waals surface area contributed by atoms with Crippen LogP contribution >= 0.6 is 0 Å². The Hall–Kier alpha value is -2.12. The number of nitrogens with zero attached hydrogens (tertiary/aromatic N) is 1. The fraction of sp³-hybridized carbons (Fsp3) is 0.556. The van der Waals surface area contributed by atoms with Crippen LogP contribution in [0.1, 0.15) is 23.2 Å². The number of likely N-dealkylation sites (tertiary alicyclic amines) is 1. The van der Waals surface area contributed by atoms with Crippen LogP contribution in [0.5, 0.6) is 5.75 Å². The Balaban J connectivity index is 1.77. The van der Waals surface area contributed by atoms with Gasteiger partial charge < -0.3 is 24.4 Å². The molecule has 0 atom stereocenters. The molecule has 0 bridgehead atoms. The highest BCUT2D eigenvalue weighted by atomic mass is 16.5. The van der Waals surface area contributed by atoms with Crippen molar-refractivity contribution in [3.8, 4) is 5.75 Å². The van der Waals surface area contributed by atoms with Gasteiger partial charge in [0, 0.05) is 26.2 Å². The highest BCUT2D eigenvalue weighted by Crippen LogP contribution is 2.21. The number of hydrogen-bond donors (Lipinski definition) is 1. The summed E-state index contributed by atoms with van der Waals surface area (Å²) in [6, 6.07) is 7.29. The van der Waals surface area contributed by atoms with Crippen LogP contribution in [0.3, 0.4) is 0 Å². The van der Waals surface area contributed by atoms with Crippen LogP contribution in [0.15, 0.2) is 24.3 Å². The molecule has 1 aliphatic rings. The highest BCUT2D eigenvalue weighted by molar-refractivity contribution is 5.97. The number of methoxy groups -OCH3 is 2. The average molecular weight is 350 g/mol. The number of amides is 2. The molecule has 0 aliphatic carbocycles. The second-order valence-electron chi connectivity index (χ2n) is 5.88. The van der Waals surface area contributed by atoms with E-state index < -0.39 is 0 Å². The molecule has 0 spiro atoms. The van der Waals surface area contributed by atoms with Gasteiger partial charge in [-0.15, -0.1) is 0 Å². The molecular weight excluding hydrogens is 324 g/mol. The summed E-state index contributed by atoms with van der Waals surface area (Å²) in [5.74, 6) is 0.409. The Morgan fingerprint density at radius 3 is 2.56 bits per heavy atom. The Bertz CT molecular complexity index is 570. The van der Waals surface area contributed by atoms with Crippen LogP contribution < -0.4 is 10.1 Å². The molecule has 2 rings (SSSR count). The highest BCUT2D eigenvalue weighted by Gasteiger charge is 2.26. The zero-order valence-corrected chi connectivity index (χ0v) is 14.8. The summed E-state index contributed by atoms with van der Waals surface area (Å²) < 4.78 is 15.3. The first-order valence-electron chi connectivity index (χ1n) is 8.44. The Labute approximate surface area is 148 Å². The second kappa shape index (κ2) is 10.0. The average Bonchev–Trinajstić information content (AvgIpc) is 2.65. The summed E-state index contributed by atoms with van der Waals surface area (Å²) in [7, 11) is 3.14. The van der Waals surface area contributed by atoms with Crippen molar-refractivity contribution in [2.24, 2.45) is 0 Å². The first-order chi connectivity index (χ1) is 12.2. The van der Waals surface area contributed by atoms with E-state index in [1.54, 1.807) is 31.3 Å². The van der Waals surface area contributed by atoms with Crippen LogP contribution in [0, 0.1) is 0 Å². The number of carbonyl (C=O) groups is 2. The first kappa shape index (κ1) is 19.2. The number of carbonyl (C=O) groups excluding carboxylic acids is 2. The molecule has 1 aliphatic heterocycles. The molecule has 0 aromatic heterocycles. The molecular formula is C18H26N2O5. The summed E-state index contributed by atoms with van der Waals surface area (Å²) in [4.78, 5) is 26.3. The quantitative estimate of drug-likeness (QED) is 0.710. The lowest BCUT2D eigenvalue weighted by Crippen LogP contribution is -2.47. The third-order valence-electron chi connectivity index (χ3n) is 4.15. The molecule has 0 saturated carbocycles. The van der Waals surface area contributed by atoms with E-state index in [0.717, 1.165) is 12.8 Å². The largest absolute Gasteiger partial charge is 0.496 e. The lowest BCUT2D eigenvalue weighted by molar-refractivity contribution is -0.127. The van der Waals surface area contributed by atoms with Crippen LogP contribution in [0.4, 0.5) is 0 Å². The van der Waals surface area contributed by atoms with Crippen molar-refractivity contribution in [3.63, 3.8) is 0 Å². The van der Waals surface area contributed by atoms with Gasteiger partial charge in [0.1, 0.15) is 12.4 Å². The van der Waals surface area contributed by atoms with Crippen LogP contribution in [0.2, 0.25) is 0 Å². The van der Waals surface area contributed by atoms with E-state index in [-0.39, 0.29) is 24.5 Å². The number of nitrogens with one attached hydrogen (secondary N) is 1. The predicted molar refractivity (Wildman–Crippen MR) is 92.8 cm³/mol. The van der Waals surface area contributed by atoms with Crippen molar-refractivity contribution < 1.29 is 23.8 Å². The molecule has 1 saturated heterocycles. The van der Waals surface area contributed by atoms with Gasteiger partial charge in [-0.1, -0.05) is 12.1 Å². The van der Waals surface area contributed by atoms with E-state index in [1.807, 2.05) is 12.1 Å². The molecule has 1 fully saturated rings. The van der Waals surface area contributed by atoms with E-state index in [0.29, 0.717) is 37.6 Å². The van der Waals surface area contributed by atoms with Gasteiger partial charge in [0.15, 0.2) is 0 Å². The topological polar surface area (TPSA) is 77.1 Å². The van der Waals surface area contributed by atoms with Gasteiger partial charge in [-0.2, -0.15) is 0 Å². The predicted octanol–water partition coefficient (Wildman–Crippen LogP) is 1.08. The van der Waals surface area contributed by atoms with Gasteiger partial charge in [-0.25, -0.2) is 0 Å². The fourth-order valence-corrected chi connectivity index (χ4v) is 2.80. The van der Waals surface area contributed by atoms with Crippen molar-refractivity contribution in [3.05, 3.63) is 29.8 Å². The standard InChI is InChI=1S/C18H26N2O5/c1-23-11-12-25-13-17(21)19-14-7-9-20(10-8-14)18(22)15-5-3-4-6-16(15)24-2/h3-6,14H,7-13H2,1-2H3,(H,19,21). The molecule has 2 amide bonds. The molecule has 7 nitrogen and oxygen atoms in total. The van der Waals surface area contributed by atoms with Gasteiger partial charge in [0.05, 0.1) is 25.9 Å². The minimum absolute atomic E-state index is 0.0315. The molecule has 1 aromatic carbocycles.